The third kappa shape index (κ3) is 2.84. The molecule has 3 N–H and O–H groups in total. The second-order valence-corrected chi connectivity index (χ2v) is 5.02. The predicted octanol–water partition coefficient (Wildman–Crippen LogP) is 0.859. The lowest BCUT2D eigenvalue weighted by molar-refractivity contribution is 0.0691. The van der Waals surface area contributed by atoms with E-state index in [1.165, 1.54) is 12.4 Å². The molecule has 0 radical (unpaired) electrons. The largest absolute Gasteiger partial charge is 0.476 e. The van der Waals surface area contributed by atoms with Crippen LogP contribution in [0.4, 0.5) is 5.69 Å². The van der Waals surface area contributed by atoms with Crippen LogP contribution >= 0.6 is 0 Å². The highest BCUT2D eigenvalue weighted by atomic mass is 16.4. The van der Waals surface area contributed by atoms with Crippen LogP contribution in [0.25, 0.3) is 11.5 Å². The molecule has 0 bridgehead atoms. The second-order valence-electron chi connectivity index (χ2n) is 5.02. The van der Waals surface area contributed by atoms with Gasteiger partial charge in [-0.3, -0.25) is 14.6 Å². The first-order chi connectivity index (χ1) is 11.5. The molecule has 3 heterocycles. The molecular formula is C14H13N7O3. The molecule has 0 aliphatic rings. The zero-order chi connectivity index (χ0) is 17.3. The summed E-state index contributed by atoms with van der Waals surface area (Å²) in [4.78, 5) is 31.9. The van der Waals surface area contributed by atoms with E-state index in [9.17, 15) is 9.59 Å². The maximum Gasteiger partial charge on any atom is 0.356 e. The van der Waals surface area contributed by atoms with E-state index in [-0.39, 0.29) is 17.1 Å². The van der Waals surface area contributed by atoms with E-state index in [0.717, 1.165) is 0 Å². The predicted molar refractivity (Wildman–Crippen MR) is 82.5 cm³/mol. The SMILES string of the molecule is Cc1cnc(-c2ccn(C)n2)nc1C(=O)Nc1cn[nH]c1C(=O)O. The Morgan fingerprint density at radius 1 is 1.33 bits per heavy atom. The van der Waals surface area contributed by atoms with Gasteiger partial charge in [-0.15, -0.1) is 0 Å². The van der Waals surface area contributed by atoms with Crippen molar-refractivity contribution >= 4 is 17.6 Å². The Labute approximate surface area is 135 Å². The number of hydrogen-bond donors (Lipinski definition) is 3. The second kappa shape index (κ2) is 5.91. The maximum atomic E-state index is 12.4. The van der Waals surface area contributed by atoms with Crippen molar-refractivity contribution in [3.8, 4) is 11.5 Å². The van der Waals surface area contributed by atoms with Crippen molar-refractivity contribution < 1.29 is 14.7 Å². The molecule has 3 aromatic heterocycles. The van der Waals surface area contributed by atoms with Gasteiger partial charge in [-0.1, -0.05) is 0 Å². The van der Waals surface area contributed by atoms with Gasteiger partial charge in [0.15, 0.2) is 11.5 Å². The van der Waals surface area contributed by atoms with Crippen LogP contribution in [0.1, 0.15) is 26.5 Å². The topological polar surface area (TPSA) is 139 Å². The van der Waals surface area contributed by atoms with Crippen LogP contribution in [0.2, 0.25) is 0 Å². The minimum absolute atomic E-state index is 0.0601. The maximum absolute atomic E-state index is 12.4. The van der Waals surface area contributed by atoms with Gasteiger partial charge in [-0.25, -0.2) is 14.8 Å². The van der Waals surface area contributed by atoms with Gasteiger partial charge in [0.1, 0.15) is 11.4 Å². The van der Waals surface area contributed by atoms with Gasteiger partial charge in [-0.05, 0) is 18.6 Å². The van der Waals surface area contributed by atoms with Crippen molar-refractivity contribution in [2.45, 2.75) is 6.92 Å². The average molecular weight is 327 g/mol. The molecular weight excluding hydrogens is 314 g/mol. The first-order valence-electron chi connectivity index (χ1n) is 6.87. The fourth-order valence-electron chi connectivity index (χ4n) is 2.06. The number of carbonyl (C=O) groups is 2. The smallest absolute Gasteiger partial charge is 0.356 e. The lowest BCUT2D eigenvalue weighted by Gasteiger charge is -2.07. The molecule has 0 saturated heterocycles. The number of anilines is 1. The van der Waals surface area contributed by atoms with Crippen LogP contribution in [0.3, 0.4) is 0 Å². The summed E-state index contributed by atoms with van der Waals surface area (Å²) in [6, 6.07) is 1.73. The number of aromatic amines is 1. The number of aromatic nitrogens is 6. The summed E-state index contributed by atoms with van der Waals surface area (Å²) in [5.41, 5.74) is 1.06. The number of hydrogen-bond acceptors (Lipinski definition) is 6. The Hall–Kier alpha value is -3.56. The third-order valence-corrected chi connectivity index (χ3v) is 3.23. The van der Waals surface area contributed by atoms with Crippen LogP contribution in [-0.2, 0) is 7.05 Å². The zero-order valence-electron chi connectivity index (χ0n) is 12.8. The summed E-state index contributed by atoms with van der Waals surface area (Å²) in [5.74, 6) is -1.48. The molecule has 0 atom stereocenters. The van der Waals surface area contributed by atoms with E-state index in [0.29, 0.717) is 17.1 Å². The number of carboxylic acids is 1. The summed E-state index contributed by atoms with van der Waals surface area (Å²) < 4.78 is 1.60. The number of rotatable bonds is 4. The molecule has 0 aliphatic heterocycles. The van der Waals surface area contributed by atoms with Crippen molar-refractivity contribution in [2.75, 3.05) is 5.32 Å². The quantitative estimate of drug-likeness (QED) is 0.645. The van der Waals surface area contributed by atoms with E-state index >= 15 is 0 Å². The fraction of sp³-hybridized carbons (Fsp3) is 0.143. The summed E-state index contributed by atoms with van der Waals surface area (Å²) >= 11 is 0. The molecule has 10 nitrogen and oxygen atoms in total. The highest BCUT2D eigenvalue weighted by Gasteiger charge is 2.19. The number of amides is 1. The number of nitrogens with one attached hydrogen (secondary N) is 2. The van der Waals surface area contributed by atoms with Crippen molar-refractivity contribution in [3.05, 3.63) is 41.6 Å². The molecule has 0 aromatic carbocycles. The summed E-state index contributed by atoms with van der Waals surface area (Å²) in [7, 11) is 1.76. The summed E-state index contributed by atoms with van der Waals surface area (Å²) in [6.45, 7) is 1.69. The number of aryl methyl sites for hydroxylation is 2. The van der Waals surface area contributed by atoms with Crippen molar-refractivity contribution in [1.29, 1.82) is 0 Å². The minimum atomic E-state index is -1.23. The Bertz CT molecular complexity index is 928. The van der Waals surface area contributed by atoms with Gasteiger partial charge in [0.05, 0.1) is 11.9 Å². The lowest BCUT2D eigenvalue weighted by atomic mass is 10.2. The summed E-state index contributed by atoms with van der Waals surface area (Å²) in [6.07, 6.45) is 4.47. The standard InChI is InChI=1S/C14H13N7O3/c1-7-5-15-12(8-3-4-21(2)20-8)18-10(7)13(22)17-9-6-16-19-11(9)14(23)24/h3-6H,1-2H3,(H,16,19)(H,17,22)(H,23,24). The van der Waals surface area contributed by atoms with Gasteiger partial charge in [0.25, 0.3) is 5.91 Å². The van der Waals surface area contributed by atoms with Gasteiger partial charge in [0, 0.05) is 19.4 Å². The molecule has 0 fully saturated rings. The number of carbonyl (C=O) groups excluding carboxylic acids is 1. The Kier molecular flexibility index (Phi) is 3.78. The van der Waals surface area contributed by atoms with Crippen LogP contribution in [0.15, 0.2) is 24.7 Å². The van der Waals surface area contributed by atoms with Gasteiger partial charge in [0.2, 0.25) is 0 Å². The van der Waals surface area contributed by atoms with E-state index in [1.54, 1.807) is 30.9 Å². The Morgan fingerprint density at radius 3 is 2.79 bits per heavy atom. The zero-order valence-corrected chi connectivity index (χ0v) is 12.8. The molecule has 0 saturated carbocycles. The molecule has 3 aromatic rings. The number of carboxylic acid groups (broad SMARTS) is 1. The molecule has 0 spiro atoms. The fourth-order valence-corrected chi connectivity index (χ4v) is 2.06. The molecule has 3 rings (SSSR count). The first-order valence-corrected chi connectivity index (χ1v) is 6.87. The average Bonchev–Trinajstić information content (AvgIpc) is 3.16. The van der Waals surface area contributed by atoms with E-state index in [2.05, 4.69) is 30.6 Å². The van der Waals surface area contributed by atoms with E-state index < -0.39 is 11.9 Å². The normalized spacial score (nSPS) is 10.6. The molecule has 0 unspecified atom stereocenters. The van der Waals surface area contributed by atoms with Crippen LogP contribution in [0.5, 0.6) is 0 Å². The highest BCUT2D eigenvalue weighted by molar-refractivity contribution is 6.06. The molecule has 0 aliphatic carbocycles. The molecule has 10 heteroatoms. The van der Waals surface area contributed by atoms with Gasteiger partial charge in [-0.2, -0.15) is 10.2 Å². The molecule has 24 heavy (non-hydrogen) atoms. The van der Waals surface area contributed by atoms with Crippen LogP contribution in [-0.4, -0.2) is 46.9 Å². The molecule has 122 valence electrons. The number of H-pyrrole nitrogens is 1. The monoisotopic (exact) mass is 327 g/mol. The van der Waals surface area contributed by atoms with Gasteiger partial charge < -0.3 is 10.4 Å². The Balaban J connectivity index is 1.92. The minimum Gasteiger partial charge on any atom is -0.476 e. The van der Waals surface area contributed by atoms with E-state index in [4.69, 9.17) is 5.11 Å². The van der Waals surface area contributed by atoms with Crippen molar-refractivity contribution in [1.82, 2.24) is 29.9 Å². The van der Waals surface area contributed by atoms with E-state index in [1.807, 2.05) is 0 Å². The first kappa shape index (κ1) is 15.3. The van der Waals surface area contributed by atoms with Crippen molar-refractivity contribution in [2.24, 2.45) is 7.05 Å². The number of aromatic carboxylic acids is 1. The van der Waals surface area contributed by atoms with Gasteiger partial charge >= 0.3 is 5.97 Å². The highest BCUT2D eigenvalue weighted by Crippen LogP contribution is 2.17. The van der Waals surface area contributed by atoms with Crippen molar-refractivity contribution in [3.63, 3.8) is 0 Å². The van der Waals surface area contributed by atoms with Crippen LogP contribution < -0.4 is 5.32 Å². The number of nitrogens with zero attached hydrogens (tertiary/aromatic N) is 5. The lowest BCUT2D eigenvalue weighted by Crippen LogP contribution is -2.17. The molecule has 1 amide bonds. The van der Waals surface area contributed by atoms with Crippen LogP contribution in [0, 0.1) is 6.92 Å². The Morgan fingerprint density at radius 2 is 2.12 bits per heavy atom. The third-order valence-electron chi connectivity index (χ3n) is 3.23. The summed E-state index contributed by atoms with van der Waals surface area (Å²) in [5, 5.41) is 21.6.